The van der Waals surface area contributed by atoms with Gasteiger partial charge in [0.05, 0.1) is 0 Å². The number of para-hydroxylation sites is 1. The van der Waals surface area contributed by atoms with E-state index in [0.717, 1.165) is 17.7 Å². The molecule has 0 saturated heterocycles. The molecule has 0 unspecified atom stereocenters. The number of rotatable bonds is 4. The van der Waals surface area contributed by atoms with Crippen molar-refractivity contribution in [1.82, 2.24) is 5.32 Å². The number of anilines is 1. The summed E-state index contributed by atoms with van der Waals surface area (Å²) in [6.07, 6.45) is 0.545. The predicted octanol–water partition coefficient (Wildman–Crippen LogP) is 3.06. The minimum absolute atomic E-state index is 0.202. The Morgan fingerprint density at radius 1 is 1.09 bits per heavy atom. The fourth-order valence-electron chi connectivity index (χ4n) is 2.19. The molecular formula is C16H14F2N2O3. The molecule has 2 amide bonds. The summed E-state index contributed by atoms with van der Waals surface area (Å²) in [5.41, 5.74) is 0.486. The van der Waals surface area contributed by atoms with Crippen LogP contribution in [0.5, 0.6) is 11.5 Å². The molecule has 120 valence electrons. The molecule has 2 N–H and O–H groups in total. The summed E-state index contributed by atoms with van der Waals surface area (Å²) in [5, 5.41) is 4.71. The molecule has 0 spiro atoms. The highest BCUT2D eigenvalue weighted by Crippen LogP contribution is 2.32. The Morgan fingerprint density at radius 3 is 2.61 bits per heavy atom. The van der Waals surface area contributed by atoms with Gasteiger partial charge in [-0.05, 0) is 36.2 Å². The van der Waals surface area contributed by atoms with E-state index in [1.807, 2.05) is 12.1 Å². The van der Waals surface area contributed by atoms with Gasteiger partial charge in [-0.1, -0.05) is 12.1 Å². The van der Waals surface area contributed by atoms with E-state index in [1.54, 1.807) is 6.07 Å². The van der Waals surface area contributed by atoms with Gasteiger partial charge in [0.2, 0.25) is 6.79 Å². The van der Waals surface area contributed by atoms with Gasteiger partial charge >= 0.3 is 6.03 Å². The lowest BCUT2D eigenvalue weighted by atomic mass is 10.1. The lowest BCUT2D eigenvalue weighted by molar-refractivity contribution is 0.174. The summed E-state index contributed by atoms with van der Waals surface area (Å²) in [7, 11) is 0. The number of urea groups is 1. The first kappa shape index (κ1) is 15.1. The third kappa shape index (κ3) is 3.50. The van der Waals surface area contributed by atoms with Crippen LogP contribution in [0.2, 0.25) is 0 Å². The lowest BCUT2D eigenvalue weighted by Crippen LogP contribution is -2.31. The quantitative estimate of drug-likeness (QED) is 0.910. The topological polar surface area (TPSA) is 59.6 Å². The lowest BCUT2D eigenvalue weighted by Gasteiger charge is -2.09. The summed E-state index contributed by atoms with van der Waals surface area (Å²) in [6.45, 7) is 0.509. The molecule has 0 atom stereocenters. The molecule has 0 fully saturated rings. The van der Waals surface area contributed by atoms with Crippen molar-refractivity contribution in [1.29, 1.82) is 0 Å². The van der Waals surface area contributed by atoms with Crippen molar-refractivity contribution in [2.75, 3.05) is 18.7 Å². The summed E-state index contributed by atoms with van der Waals surface area (Å²) >= 11 is 0. The van der Waals surface area contributed by atoms with Crippen LogP contribution in [0.25, 0.3) is 0 Å². The Balaban J connectivity index is 1.51. The minimum atomic E-state index is -0.823. The van der Waals surface area contributed by atoms with E-state index in [0.29, 0.717) is 24.5 Å². The number of ether oxygens (including phenoxy) is 2. The first-order valence-electron chi connectivity index (χ1n) is 7.01. The molecule has 2 aromatic rings. The van der Waals surface area contributed by atoms with E-state index < -0.39 is 23.4 Å². The van der Waals surface area contributed by atoms with Gasteiger partial charge in [0.1, 0.15) is 17.3 Å². The molecule has 7 heteroatoms. The van der Waals surface area contributed by atoms with Gasteiger partial charge in [-0.25, -0.2) is 13.6 Å². The molecule has 23 heavy (non-hydrogen) atoms. The van der Waals surface area contributed by atoms with Gasteiger partial charge in [-0.2, -0.15) is 0 Å². The van der Waals surface area contributed by atoms with Gasteiger partial charge in [0.15, 0.2) is 11.5 Å². The fourth-order valence-corrected chi connectivity index (χ4v) is 2.19. The number of fused-ring (bicyclic) bond motifs is 1. The maximum absolute atomic E-state index is 13.4. The third-order valence-corrected chi connectivity index (χ3v) is 3.34. The maximum atomic E-state index is 13.4. The SMILES string of the molecule is O=C(NCCc1ccc2c(c1)OCO2)Nc1c(F)cccc1F. The second-order valence-electron chi connectivity index (χ2n) is 4.92. The van der Waals surface area contributed by atoms with Gasteiger partial charge in [0, 0.05) is 6.54 Å². The predicted molar refractivity (Wildman–Crippen MR) is 79.6 cm³/mol. The number of carbonyl (C=O) groups is 1. The average Bonchev–Trinajstić information content (AvgIpc) is 2.99. The second kappa shape index (κ2) is 6.51. The Hall–Kier alpha value is -2.83. The molecule has 0 radical (unpaired) electrons. The molecule has 0 aliphatic carbocycles. The van der Waals surface area contributed by atoms with Crippen LogP contribution in [0, 0.1) is 11.6 Å². The van der Waals surface area contributed by atoms with Crippen molar-refractivity contribution in [2.45, 2.75) is 6.42 Å². The number of carbonyl (C=O) groups excluding carboxylic acids is 1. The number of nitrogens with one attached hydrogen (secondary N) is 2. The van der Waals surface area contributed by atoms with Gasteiger partial charge < -0.3 is 20.1 Å². The molecule has 5 nitrogen and oxygen atoms in total. The Morgan fingerprint density at radius 2 is 1.83 bits per heavy atom. The summed E-state index contributed by atoms with van der Waals surface area (Å²) in [5.74, 6) is -0.290. The average molecular weight is 320 g/mol. The molecule has 3 rings (SSSR count). The normalized spacial score (nSPS) is 12.1. The Labute approximate surface area is 131 Å². The minimum Gasteiger partial charge on any atom is -0.454 e. The molecule has 0 aromatic heterocycles. The number of hydrogen-bond donors (Lipinski definition) is 2. The first-order chi connectivity index (χ1) is 11.1. The fraction of sp³-hybridized carbons (Fsp3) is 0.188. The highest BCUT2D eigenvalue weighted by atomic mass is 19.1. The maximum Gasteiger partial charge on any atom is 0.319 e. The van der Waals surface area contributed by atoms with Gasteiger partial charge in [-0.15, -0.1) is 0 Å². The van der Waals surface area contributed by atoms with Crippen LogP contribution in [-0.4, -0.2) is 19.4 Å². The van der Waals surface area contributed by atoms with E-state index in [-0.39, 0.29) is 6.79 Å². The summed E-state index contributed by atoms with van der Waals surface area (Å²) in [6, 6.07) is 8.20. The van der Waals surface area contributed by atoms with E-state index >= 15 is 0 Å². The van der Waals surface area contributed by atoms with Crippen LogP contribution in [0.3, 0.4) is 0 Å². The van der Waals surface area contributed by atoms with Crippen molar-refractivity contribution in [3.05, 3.63) is 53.6 Å². The zero-order valence-corrected chi connectivity index (χ0v) is 12.1. The summed E-state index contributed by atoms with van der Waals surface area (Å²) < 4.78 is 37.3. The zero-order valence-electron chi connectivity index (χ0n) is 12.1. The number of benzene rings is 2. The van der Waals surface area contributed by atoms with Crippen molar-refractivity contribution in [2.24, 2.45) is 0 Å². The van der Waals surface area contributed by atoms with Crippen LogP contribution >= 0.6 is 0 Å². The van der Waals surface area contributed by atoms with Crippen molar-refractivity contribution in [3.8, 4) is 11.5 Å². The molecule has 1 aliphatic heterocycles. The summed E-state index contributed by atoms with van der Waals surface area (Å²) in [4.78, 5) is 11.7. The van der Waals surface area contributed by atoms with Crippen LogP contribution < -0.4 is 20.1 Å². The molecule has 1 heterocycles. The van der Waals surface area contributed by atoms with E-state index in [2.05, 4.69) is 10.6 Å². The number of hydrogen-bond acceptors (Lipinski definition) is 3. The van der Waals surface area contributed by atoms with Gasteiger partial charge in [0.25, 0.3) is 0 Å². The molecule has 1 aliphatic rings. The first-order valence-corrected chi connectivity index (χ1v) is 7.01. The van der Waals surface area contributed by atoms with Crippen LogP contribution in [-0.2, 0) is 6.42 Å². The molecule has 0 saturated carbocycles. The molecule has 2 aromatic carbocycles. The molecular weight excluding hydrogens is 306 g/mol. The smallest absolute Gasteiger partial charge is 0.319 e. The Kier molecular flexibility index (Phi) is 4.27. The third-order valence-electron chi connectivity index (χ3n) is 3.34. The molecule has 0 bridgehead atoms. The van der Waals surface area contributed by atoms with E-state index in [1.165, 1.54) is 6.07 Å². The monoisotopic (exact) mass is 320 g/mol. The van der Waals surface area contributed by atoms with E-state index in [4.69, 9.17) is 9.47 Å². The Bertz CT molecular complexity index is 717. The largest absolute Gasteiger partial charge is 0.454 e. The van der Waals surface area contributed by atoms with Crippen LogP contribution in [0.1, 0.15) is 5.56 Å². The highest BCUT2D eigenvalue weighted by Gasteiger charge is 2.14. The standard InChI is InChI=1S/C16H14F2N2O3/c17-11-2-1-3-12(18)15(11)20-16(21)19-7-6-10-4-5-13-14(8-10)23-9-22-13/h1-5,8H,6-7,9H2,(H2,19,20,21). The van der Waals surface area contributed by atoms with Crippen LogP contribution in [0.4, 0.5) is 19.3 Å². The second-order valence-corrected chi connectivity index (χ2v) is 4.92. The zero-order chi connectivity index (χ0) is 16.2. The number of halogens is 2. The highest BCUT2D eigenvalue weighted by molar-refractivity contribution is 5.89. The van der Waals surface area contributed by atoms with Crippen molar-refractivity contribution >= 4 is 11.7 Å². The van der Waals surface area contributed by atoms with Crippen molar-refractivity contribution < 1.29 is 23.0 Å². The number of amides is 2. The van der Waals surface area contributed by atoms with Crippen LogP contribution in [0.15, 0.2) is 36.4 Å². The van der Waals surface area contributed by atoms with Gasteiger partial charge in [-0.3, -0.25) is 0 Å². The van der Waals surface area contributed by atoms with Crippen molar-refractivity contribution in [3.63, 3.8) is 0 Å². The van der Waals surface area contributed by atoms with E-state index in [9.17, 15) is 13.6 Å².